The van der Waals surface area contributed by atoms with Crippen molar-refractivity contribution in [2.75, 3.05) is 29.9 Å². The lowest BCUT2D eigenvalue weighted by Gasteiger charge is -2.19. The molecule has 1 aliphatic heterocycles. The second kappa shape index (κ2) is 9.83. The van der Waals surface area contributed by atoms with Gasteiger partial charge in [0.1, 0.15) is 19.0 Å². The van der Waals surface area contributed by atoms with Crippen LogP contribution in [-0.4, -0.2) is 34.1 Å². The number of nitrogens with one attached hydrogen (secondary N) is 2. The maximum Gasteiger partial charge on any atom is 0.262 e. The van der Waals surface area contributed by atoms with E-state index >= 15 is 0 Å². The number of hydrogen-bond acceptors (Lipinski definition) is 6. The third-order valence-corrected chi connectivity index (χ3v) is 6.17. The number of rotatable bonds is 8. The van der Waals surface area contributed by atoms with E-state index in [9.17, 15) is 13.2 Å². The van der Waals surface area contributed by atoms with E-state index in [1.165, 1.54) is 24.3 Å². The van der Waals surface area contributed by atoms with E-state index in [0.29, 0.717) is 54.0 Å². The highest BCUT2D eigenvalue weighted by molar-refractivity contribution is 7.92. The van der Waals surface area contributed by atoms with Crippen LogP contribution in [-0.2, 0) is 10.0 Å². The number of amides is 1. The number of anilines is 2. The number of sulfonamides is 1. The van der Waals surface area contributed by atoms with Crippen LogP contribution in [0.15, 0.2) is 71.6 Å². The fourth-order valence-corrected chi connectivity index (χ4v) is 4.25. The van der Waals surface area contributed by atoms with Crippen molar-refractivity contribution >= 4 is 27.3 Å². The van der Waals surface area contributed by atoms with Crippen LogP contribution in [0.3, 0.4) is 0 Å². The molecule has 0 radical (unpaired) electrons. The highest BCUT2D eigenvalue weighted by Gasteiger charge is 2.19. The van der Waals surface area contributed by atoms with Crippen LogP contribution in [0, 0.1) is 0 Å². The molecule has 0 spiro atoms. The minimum absolute atomic E-state index is 0.0544. The number of hydrogen-bond donors (Lipinski definition) is 2. The highest BCUT2D eigenvalue weighted by Crippen LogP contribution is 2.32. The minimum Gasteiger partial charge on any atom is -0.494 e. The third-order valence-electron chi connectivity index (χ3n) is 4.79. The number of carbonyl (C=O) groups is 1. The molecule has 1 amide bonds. The predicted octanol–water partition coefficient (Wildman–Crippen LogP) is 4.30. The predicted molar refractivity (Wildman–Crippen MR) is 125 cm³/mol. The maximum atomic E-state index is 12.8. The normalized spacial score (nSPS) is 12.6. The SMILES string of the molecule is CCCOc1cccc(NC(=O)c2ccc(NS(=O)(=O)c3ccc4c(c3)OCCO4)cc2)c1. The van der Waals surface area contributed by atoms with Crippen molar-refractivity contribution in [2.45, 2.75) is 18.2 Å². The Bertz CT molecular complexity index is 1240. The molecule has 0 saturated carbocycles. The van der Waals surface area contributed by atoms with Gasteiger partial charge in [0.05, 0.1) is 11.5 Å². The van der Waals surface area contributed by atoms with Gasteiger partial charge in [-0.3, -0.25) is 9.52 Å². The number of carbonyl (C=O) groups excluding carboxylic acids is 1. The van der Waals surface area contributed by atoms with Crippen LogP contribution in [0.4, 0.5) is 11.4 Å². The summed E-state index contributed by atoms with van der Waals surface area (Å²) in [6.07, 6.45) is 0.890. The summed E-state index contributed by atoms with van der Waals surface area (Å²) >= 11 is 0. The van der Waals surface area contributed by atoms with Crippen molar-refractivity contribution in [1.29, 1.82) is 0 Å². The van der Waals surface area contributed by atoms with Gasteiger partial charge in [0.25, 0.3) is 15.9 Å². The first-order chi connectivity index (χ1) is 15.9. The first kappa shape index (κ1) is 22.5. The molecule has 9 heteroatoms. The molecule has 2 N–H and O–H groups in total. The topological polar surface area (TPSA) is 103 Å². The third kappa shape index (κ3) is 5.56. The summed E-state index contributed by atoms with van der Waals surface area (Å²) in [6.45, 7) is 3.41. The molecule has 8 nitrogen and oxygen atoms in total. The van der Waals surface area contributed by atoms with Crippen molar-refractivity contribution in [3.05, 3.63) is 72.3 Å². The molecule has 0 fully saturated rings. The van der Waals surface area contributed by atoms with Gasteiger partial charge >= 0.3 is 0 Å². The lowest BCUT2D eigenvalue weighted by Crippen LogP contribution is -2.17. The fourth-order valence-electron chi connectivity index (χ4n) is 3.18. The molecular weight excluding hydrogens is 444 g/mol. The van der Waals surface area contributed by atoms with Crippen LogP contribution in [0.25, 0.3) is 0 Å². The molecule has 0 aromatic heterocycles. The van der Waals surface area contributed by atoms with Gasteiger partial charge in [0.2, 0.25) is 0 Å². The van der Waals surface area contributed by atoms with Crippen LogP contribution in [0.2, 0.25) is 0 Å². The van der Waals surface area contributed by atoms with Gasteiger partial charge in [-0.25, -0.2) is 8.42 Å². The molecule has 172 valence electrons. The first-order valence-corrected chi connectivity index (χ1v) is 12.0. The molecule has 0 unspecified atom stereocenters. The largest absolute Gasteiger partial charge is 0.494 e. The van der Waals surface area contributed by atoms with Gasteiger partial charge in [-0.2, -0.15) is 0 Å². The Balaban J connectivity index is 1.42. The van der Waals surface area contributed by atoms with E-state index in [4.69, 9.17) is 14.2 Å². The Morgan fingerprint density at radius 1 is 0.939 bits per heavy atom. The van der Waals surface area contributed by atoms with Gasteiger partial charge in [-0.1, -0.05) is 13.0 Å². The zero-order valence-electron chi connectivity index (χ0n) is 18.0. The van der Waals surface area contributed by atoms with Crippen LogP contribution < -0.4 is 24.2 Å². The van der Waals surface area contributed by atoms with Gasteiger partial charge in [-0.15, -0.1) is 0 Å². The Morgan fingerprint density at radius 3 is 2.45 bits per heavy atom. The second-order valence-electron chi connectivity index (χ2n) is 7.32. The van der Waals surface area contributed by atoms with Crippen molar-refractivity contribution in [3.63, 3.8) is 0 Å². The Labute approximate surface area is 192 Å². The molecule has 3 aromatic carbocycles. The summed E-state index contributed by atoms with van der Waals surface area (Å²) in [4.78, 5) is 12.6. The first-order valence-electron chi connectivity index (χ1n) is 10.5. The smallest absolute Gasteiger partial charge is 0.262 e. The highest BCUT2D eigenvalue weighted by atomic mass is 32.2. The van der Waals surface area contributed by atoms with E-state index in [1.807, 2.05) is 13.0 Å². The zero-order chi connectivity index (χ0) is 23.3. The van der Waals surface area contributed by atoms with E-state index < -0.39 is 10.0 Å². The van der Waals surface area contributed by atoms with Crippen molar-refractivity contribution in [1.82, 2.24) is 0 Å². The van der Waals surface area contributed by atoms with Crippen LogP contribution in [0.5, 0.6) is 17.2 Å². The van der Waals surface area contributed by atoms with Gasteiger partial charge in [0, 0.05) is 29.1 Å². The quantitative estimate of drug-likeness (QED) is 0.511. The minimum atomic E-state index is -3.84. The molecule has 0 saturated heterocycles. The Kier molecular flexibility index (Phi) is 6.69. The summed E-state index contributed by atoms with van der Waals surface area (Å²) in [6, 6.07) is 17.8. The molecule has 33 heavy (non-hydrogen) atoms. The average molecular weight is 469 g/mol. The van der Waals surface area contributed by atoms with Crippen molar-refractivity contribution in [2.24, 2.45) is 0 Å². The lowest BCUT2D eigenvalue weighted by molar-refractivity contribution is 0.102. The number of fused-ring (bicyclic) bond motifs is 1. The monoisotopic (exact) mass is 468 g/mol. The maximum absolute atomic E-state index is 12.8. The molecule has 3 aromatic rings. The zero-order valence-corrected chi connectivity index (χ0v) is 18.9. The van der Waals surface area contributed by atoms with E-state index in [0.717, 1.165) is 6.42 Å². The van der Waals surface area contributed by atoms with Gasteiger partial charge in [0.15, 0.2) is 11.5 Å². The Morgan fingerprint density at radius 2 is 1.70 bits per heavy atom. The molecule has 1 heterocycles. The van der Waals surface area contributed by atoms with Crippen LogP contribution >= 0.6 is 0 Å². The van der Waals surface area contributed by atoms with Gasteiger partial charge in [-0.05, 0) is 55.0 Å². The number of ether oxygens (including phenoxy) is 3. The molecule has 4 rings (SSSR count). The Hall–Kier alpha value is -3.72. The van der Waals surface area contributed by atoms with Crippen LogP contribution in [0.1, 0.15) is 23.7 Å². The molecule has 0 bridgehead atoms. The molecular formula is C24H24N2O6S. The van der Waals surface area contributed by atoms with E-state index in [1.54, 1.807) is 36.4 Å². The molecule has 0 atom stereocenters. The fraction of sp³-hybridized carbons (Fsp3) is 0.208. The summed E-state index contributed by atoms with van der Waals surface area (Å²) in [7, 11) is -3.84. The van der Waals surface area contributed by atoms with E-state index in [-0.39, 0.29) is 10.8 Å². The summed E-state index contributed by atoms with van der Waals surface area (Å²) in [5, 5.41) is 2.81. The average Bonchev–Trinajstić information content (AvgIpc) is 2.83. The van der Waals surface area contributed by atoms with Gasteiger partial charge < -0.3 is 19.5 Å². The van der Waals surface area contributed by atoms with Crippen molar-refractivity contribution < 1.29 is 27.4 Å². The summed E-state index contributed by atoms with van der Waals surface area (Å²) < 4.78 is 44.5. The standard InChI is InChI=1S/C24H24N2O6S/c1-2-12-30-20-5-3-4-19(15-20)25-24(27)17-6-8-18(9-7-17)26-33(28,29)21-10-11-22-23(16-21)32-14-13-31-22/h3-11,15-16,26H,2,12-14H2,1H3,(H,25,27). The lowest BCUT2D eigenvalue weighted by atomic mass is 10.2. The molecule has 0 aliphatic carbocycles. The second-order valence-corrected chi connectivity index (χ2v) is 9.00. The number of benzene rings is 3. The van der Waals surface area contributed by atoms with Crippen molar-refractivity contribution in [3.8, 4) is 17.2 Å². The molecule has 1 aliphatic rings. The summed E-state index contributed by atoms with van der Waals surface area (Å²) in [5.74, 6) is 1.26. The summed E-state index contributed by atoms with van der Waals surface area (Å²) in [5.41, 5.74) is 1.32. The van der Waals surface area contributed by atoms with E-state index in [2.05, 4.69) is 10.0 Å².